The molecule has 1 aromatic rings. The lowest BCUT2D eigenvalue weighted by Crippen LogP contribution is -2.35. The van der Waals surface area contributed by atoms with Gasteiger partial charge in [0.15, 0.2) is 0 Å². The number of carboxylic acid groups (broad SMARTS) is 1. The normalized spacial score (nSPS) is 13.6. The van der Waals surface area contributed by atoms with Crippen molar-refractivity contribution in [3.05, 3.63) is 28.8 Å². The van der Waals surface area contributed by atoms with Crippen molar-refractivity contribution in [2.24, 2.45) is 0 Å². The van der Waals surface area contributed by atoms with E-state index in [-0.39, 0.29) is 21.4 Å². The molecule has 0 aliphatic rings. The van der Waals surface area contributed by atoms with Crippen LogP contribution in [-0.4, -0.2) is 33.0 Å². The smallest absolute Gasteiger partial charge is 0.337 e. The first-order valence-electron chi connectivity index (χ1n) is 6.09. The minimum Gasteiger partial charge on any atom is -0.478 e. The van der Waals surface area contributed by atoms with E-state index in [1.54, 1.807) is 0 Å². The Morgan fingerprint density at radius 1 is 1.45 bits per heavy atom. The number of aromatic carboxylic acids is 1. The van der Waals surface area contributed by atoms with E-state index in [2.05, 4.69) is 5.32 Å². The molecule has 2 atom stereocenters. The molecular weight excluding hydrogens is 302 g/mol. The Kier molecular flexibility index (Phi) is 6.16. The maximum atomic E-state index is 12.2. The molecule has 5 nitrogen and oxygen atoms in total. The molecule has 0 aliphatic heterocycles. The zero-order valence-corrected chi connectivity index (χ0v) is 12.8. The Labute approximate surface area is 124 Å². The number of hydrogen-bond acceptors (Lipinski definition) is 3. The van der Waals surface area contributed by atoms with Gasteiger partial charge >= 0.3 is 5.97 Å². The molecule has 0 aromatic heterocycles. The number of amides is 1. The third kappa shape index (κ3) is 4.05. The van der Waals surface area contributed by atoms with Crippen LogP contribution in [0.4, 0.5) is 0 Å². The van der Waals surface area contributed by atoms with Crippen LogP contribution in [0.3, 0.4) is 0 Å². The Bertz CT molecular complexity index is 547. The summed E-state index contributed by atoms with van der Waals surface area (Å²) in [6.45, 7) is 3.97. The lowest BCUT2D eigenvalue weighted by molar-refractivity contribution is -0.120. The topological polar surface area (TPSA) is 83.5 Å². The molecule has 0 aliphatic carbocycles. The van der Waals surface area contributed by atoms with Crippen molar-refractivity contribution in [1.29, 1.82) is 0 Å². The molecule has 0 spiro atoms. The van der Waals surface area contributed by atoms with Crippen LogP contribution in [0.5, 0.6) is 0 Å². The number of benzene rings is 1. The molecular formula is C13H16ClNO4S. The highest BCUT2D eigenvalue weighted by Gasteiger charge is 2.22. The molecule has 20 heavy (non-hydrogen) atoms. The average molecular weight is 318 g/mol. The molecule has 2 unspecified atom stereocenters. The predicted molar refractivity (Wildman–Crippen MR) is 77.6 cm³/mol. The van der Waals surface area contributed by atoms with E-state index in [1.165, 1.54) is 25.1 Å². The Balaban J connectivity index is 2.94. The fourth-order valence-corrected chi connectivity index (χ4v) is 2.81. The Morgan fingerprint density at radius 3 is 2.65 bits per heavy atom. The second-order valence-corrected chi connectivity index (χ2v) is 6.36. The first-order chi connectivity index (χ1) is 9.38. The third-order valence-electron chi connectivity index (χ3n) is 2.64. The fourth-order valence-electron chi connectivity index (χ4n) is 1.49. The van der Waals surface area contributed by atoms with E-state index in [0.29, 0.717) is 6.54 Å². The summed E-state index contributed by atoms with van der Waals surface area (Å²) >= 11 is 5.75. The lowest BCUT2D eigenvalue weighted by atomic mass is 10.2. The van der Waals surface area contributed by atoms with Gasteiger partial charge in [0.1, 0.15) is 5.25 Å². The first kappa shape index (κ1) is 16.7. The minimum atomic E-state index is -1.63. The van der Waals surface area contributed by atoms with Gasteiger partial charge in [-0.15, -0.1) is 0 Å². The van der Waals surface area contributed by atoms with Gasteiger partial charge in [-0.1, -0.05) is 18.5 Å². The SMILES string of the molecule is CCCNC(=O)C(C)S(=O)c1ccc(Cl)c(C(=O)O)c1. The van der Waals surface area contributed by atoms with Gasteiger partial charge in [0.05, 0.1) is 21.4 Å². The highest BCUT2D eigenvalue weighted by atomic mass is 35.5. The summed E-state index contributed by atoms with van der Waals surface area (Å²) in [5.41, 5.74) is -0.126. The highest BCUT2D eigenvalue weighted by molar-refractivity contribution is 7.86. The summed E-state index contributed by atoms with van der Waals surface area (Å²) in [5.74, 6) is -1.52. The van der Waals surface area contributed by atoms with Crippen LogP contribution in [0.25, 0.3) is 0 Å². The fraction of sp³-hybridized carbons (Fsp3) is 0.385. The van der Waals surface area contributed by atoms with Crippen LogP contribution in [0.15, 0.2) is 23.1 Å². The summed E-state index contributed by atoms with van der Waals surface area (Å²) in [4.78, 5) is 23.0. The number of carboxylic acids is 1. The zero-order valence-electron chi connectivity index (χ0n) is 11.2. The zero-order chi connectivity index (χ0) is 15.3. The maximum Gasteiger partial charge on any atom is 0.337 e. The molecule has 0 heterocycles. The number of halogens is 1. The molecule has 0 saturated heterocycles. The van der Waals surface area contributed by atoms with Gasteiger partial charge in [-0.05, 0) is 31.5 Å². The van der Waals surface area contributed by atoms with E-state index in [4.69, 9.17) is 16.7 Å². The second-order valence-electron chi connectivity index (χ2n) is 4.18. The summed E-state index contributed by atoms with van der Waals surface area (Å²) < 4.78 is 12.2. The number of hydrogen-bond donors (Lipinski definition) is 2. The molecule has 0 radical (unpaired) electrons. The number of rotatable bonds is 6. The second kappa shape index (κ2) is 7.40. The van der Waals surface area contributed by atoms with Gasteiger partial charge in [0.25, 0.3) is 0 Å². The van der Waals surface area contributed by atoms with E-state index in [0.717, 1.165) is 6.42 Å². The quantitative estimate of drug-likeness (QED) is 0.841. The van der Waals surface area contributed by atoms with Crippen LogP contribution >= 0.6 is 11.6 Å². The van der Waals surface area contributed by atoms with Gasteiger partial charge in [-0.3, -0.25) is 9.00 Å². The van der Waals surface area contributed by atoms with Crippen LogP contribution < -0.4 is 5.32 Å². The van der Waals surface area contributed by atoms with E-state index < -0.39 is 22.0 Å². The molecule has 2 N–H and O–H groups in total. The standard InChI is InChI=1S/C13H16ClNO4S/c1-3-6-15-12(16)8(2)20(19)9-4-5-11(14)10(7-9)13(17)18/h4-5,7-8H,3,6H2,1-2H3,(H,15,16)(H,17,18). The minimum absolute atomic E-state index is 0.0707. The van der Waals surface area contributed by atoms with Crippen molar-refractivity contribution < 1.29 is 18.9 Å². The predicted octanol–water partition coefficient (Wildman–Crippen LogP) is 2.06. The maximum absolute atomic E-state index is 12.2. The van der Waals surface area contributed by atoms with Gasteiger partial charge in [-0.2, -0.15) is 0 Å². The van der Waals surface area contributed by atoms with Crippen molar-refractivity contribution in [2.45, 2.75) is 30.4 Å². The van der Waals surface area contributed by atoms with Crippen LogP contribution in [-0.2, 0) is 15.6 Å². The number of nitrogens with one attached hydrogen (secondary N) is 1. The molecule has 0 fully saturated rings. The van der Waals surface area contributed by atoms with E-state index in [9.17, 15) is 13.8 Å². The van der Waals surface area contributed by atoms with E-state index in [1.807, 2.05) is 6.92 Å². The van der Waals surface area contributed by atoms with Crippen LogP contribution in [0, 0.1) is 0 Å². The van der Waals surface area contributed by atoms with Crippen molar-refractivity contribution in [3.63, 3.8) is 0 Å². The molecule has 1 aromatic carbocycles. The van der Waals surface area contributed by atoms with Gasteiger partial charge in [0.2, 0.25) is 5.91 Å². The summed E-state index contributed by atoms with van der Waals surface area (Å²) in [5, 5.41) is 10.9. The van der Waals surface area contributed by atoms with Crippen molar-refractivity contribution in [1.82, 2.24) is 5.32 Å². The van der Waals surface area contributed by atoms with Gasteiger partial charge < -0.3 is 10.4 Å². The third-order valence-corrected chi connectivity index (χ3v) is 4.54. The summed E-state index contributed by atoms with van der Waals surface area (Å²) in [6, 6.07) is 4.08. The van der Waals surface area contributed by atoms with Gasteiger partial charge in [-0.25, -0.2) is 4.79 Å². The van der Waals surface area contributed by atoms with Crippen molar-refractivity contribution >= 4 is 34.3 Å². The van der Waals surface area contributed by atoms with Crippen molar-refractivity contribution in [3.8, 4) is 0 Å². The Morgan fingerprint density at radius 2 is 2.10 bits per heavy atom. The largest absolute Gasteiger partial charge is 0.478 e. The average Bonchev–Trinajstić information content (AvgIpc) is 2.43. The molecule has 110 valence electrons. The Hall–Kier alpha value is -1.40. The highest BCUT2D eigenvalue weighted by Crippen LogP contribution is 2.21. The van der Waals surface area contributed by atoms with E-state index >= 15 is 0 Å². The molecule has 1 rings (SSSR count). The monoisotopic (exact) mass is 317 g/mol. The molecule has 0 saturated carbocycles. The van der Waals surface area contributed by atoms with Crippen LogP contribution in [0.1, 0.15) is 30.6 Å². The lowest BCUT2D eigenvalue weighted by Gasteiger charge is -2.12. The summed E-state index contributed by atoms with van der Waals surface area (Å²) in [6.07, 6.45) is 0.787. The number of carbonyl (C=O) groups is 2. The summed E-state index contributed by atoms with van der Waals surface area (Å²) in [7, 11) is -1.63. The molecule has 7 heteroatoms. The molecule has 0 bridgehead atoms. The van der Waals surface area contributed by atoms with Crippen molar-refractivity contribution in [2.75, 3.05) is 6.54 Å². The first-order valence-corrected chi connectivity index (χ1v) is 7.68. The van der Waals surface area contributed by atoms with Gasteiger partial charge in [0, 0.05) is 11.4 Å². The number of carbonyl (C=O) groups excluding carboxylic acids is 1. The molecule has 1 amide bonds. The van der Waals surface area contributed by atoms with Crippen LogP contribution in [0.2, 0.25) is 5.02 Å².